The molecule has 6 nitrogen and oxygen atoms in total. The highest BCUT2D eigenvalue weighted by atomic mass is 19.4. The third-order valence-corrected chi connectivity index (χ3v) is 4.71. The number of amides is 1. The molecule has 2 heterocycles. The molecule has 0 spiro atoms. The van der Waals surface area contributed by atoms with Crippen molar-refractivity contribution in [2.75, 3.05) is 13.2 Å². The van der Waals surface area contributed by atoms with Crippen LogP contribution in [0.3, 0.4) is 0 Å². The number of alkyl halides is 3. The third-order valence-electron chi connectivity index (χ3n) is 4.71. The summed E-state index contributed by atoms with van der Waals surface area (Å²) in [5, 5.41) is 12.3. The minimum atomic E-state index is -4.48. The van der Waals surface area contributed by atoms with Crippen molar-refractivity contribution in [2.24, 2.45) is 7.05 Å². The second-order valence-electron chi connectivity index (χ2n) is 6.31. The van der Waals surface area contributed by atoms with Crippen molar-refractivity contribution in [3.05, 3.63) is 35.5 Å². The number of aryl methyl sites for hydroxylation is 1. The van der Waals surface area contributed by atoms with Crippen LogP contribution in [0.5, 0.6) is 0 Å². The third kappa shape index (κ3) is 3.14. The van der Waals surface area contributed by atoms with E-state index in [0.29, 0.717) is 5.52 Å². The van der Waals surface area contributed by atoms with Crippen molar-refractivity contribution < 1.29 is 32.6 Å². The summed E-state index contributed by atoms with van der Waals surface area (Å²) in [5.74, 6) is -1.81. The molecule has 1 aliphatic heterocycles. The fraction of sp³-hybridized carbons (Fsp3) is 0.412. The SMILES string of the molecule is Cn1c(C(=O)NC2(C(=O)O)CCOCC2)cc2cc(C(F)(F)F)ccc21. The van der Waals surface area contributed by atoms with Crippen LogP contribution in [0.1, 0.15) is 28.9 Å². The molecule has 1 saturated heterocycles. The van der Waals surface area contributed by atoms with E-state index in [1.807, 2.05) is 0 Å². The van der Waals surface area contributed by atoms with Crippen LogP contribution in [0.25, 0.3) is 10.9 Å². The van der Waals surface area contributed by atoms with Gasteiger partial charge in [0.15, 0.2) is 0 Å². The van der Waals surface area contributed by atoms with Crippen LogP contribution in [0.2, 0.25) is 0 Å². The summed E-state index contributed by atoms with van der Waals surface area (Å²) in [6.45, 7) is 0.410. The fourth-order valence-electron chi connectivity index (χ4n) is 3.14. The zero-order chi connectivity index (χ0) is 19.1. The van der Waals surface area contributed by atoms with Gasteiger partial charge >= 0.3 is 12.1 Å². The summed E-state index contributed by atoms with van der Waals surface area (Å²) in [5.41, 5.74) is -1.72. The molecule has 1 aliphatic rings. The first kappa shape index (κ1) is 18.2. The van der Waals surface area contributed by atoms with E-state index in [1.165, 1.54) is 16.7 Å². The van der Waals surface area contributed by atoms with Crippen LogP contribution in [-0.4, -0.2) is 40.3 Å². The number of nitrogens with one attached hydrogen (secondary N) is 1. The number of aliphatic carboxylic acids is 1. The number of nitrogens with zero attached hydrogens (tertiary/aromatic N) is 1. The standard InChI is InChI=1S/C17H17F3N2O4/c1-22-12-3-2-11(17(18,19)20)8-10(12)9-13(22)14(23)21-16(15(24)25)4-6-26-7-5-16/h2-3,8-9H,4-7H2,1H3,(H,21,23)(H,24,25). The summed E-state index contributed by atoms with van der Waals surface area (Å²) in [6, 6.07) is 4.53. The van der Waals surface area contributed by atoms with Gasteiger partial charge in [-0.05, 0) is 24.3 Å². The molecule has 0 saturated carbocycles. The summed E-state index contributed by atoms with van der Waals surface area (Å²) in [4.78, 5) is 24.3. The van der Waals surface area contributed by atoms with Crippen molar-refractivity contribution in [3.8, 4) is 0 Å². The number of hydrogen-bond donors (Lipinski definition) is 2. The number of benzene rings is 1. The Morgan fingerprint density at radius 3 is 2.46 bits per heavy atom. The lowest BCUT2D eigenvalue weighted by Crippen LogP contribution is -2.57. The van der Waals surface area contributed by atoms with Crippen molar-refractivity contribution in [1.29, 1.82) is 0 Å². The highest BCUT2D eigenvalue weighted by Crippen LogP contribution is 2.32. The van der Waals surface area contributed by atoms with E-state index in [4.69, 9.17) is 4.74 Å². The number of carboxylic acid groups (broad SMARTS) is 1. The van der Waals surface area contributed by atoms with Crippen LogP contribution in [0.15, 0.2) is 24.3 Å². The van der Waals surface area contributed by atoms with Crippen molar-refractivity contribution in [2.45, 2.75) is 24.6 Å². The fourth-order valence-corrected chi connectivity index (χ4v) is 3.14. The van der Waals surface area contributed by atoms with Crippen LogP contribution in [0.4, 0.5) is 13.2 Å². The normalized spacial score (nSPS) is 17.2. The molecule has 0 unspecified atom stereocenters. The molecule has 1 amide bonds. The predicted molar refractivity (Wildman–Crippen MR) is 85.8 cm³/mol. The maximum Gasteiger partial charge on any atom is 0.416 e. The van der Waals surface area contributed by atoms with Gasteiger partial charge in [0, 0.05) is 44.0 Å². The average Bonchev–Trinajstić information content (AvgIpc) is 2.91. The first-order valence-corrected chi connectivity index (χ1v) is 7.94. The Labute approximate surface area is 146 Å². The number of aromatic nitrogens is 1. The minimum Gasteiger partial charge on any atom is -0.480 e. The molecule has 1 aromatic carbocycles. The predicted octanol–water partition coefficient (Wildman–Crippen LogP) is 2.56. The number of halogens is 3. The molecule has 140 valence electrons. The van der Waals surface area contributed by atoms with E-state index >= 15 is 0 Å². The van der Waals surface area contributed by atoms with Crippen LogP contribution >= 0.6 is 0 Å². The van der Waals surface area contributed by atoms with Crippen LogP contribution in [0, 0.1) is 0 Å². The van der Waals surface area contributed by atoms with Gasteiger partial charge in [0.1, 0.15) is 11.2 Å². The van der Waals surface area contributed by atoms with E-state index < -0.39 is 29.2 Å². The Kier molecular flexibility index (Phi) is 4.43. The quantitative estimate of drug-likeness (QED) is 0.870. The number of carboxylic acids is 1. The molecule has 2 N–H and O–H groups in total. The number of rotatable bonds is 3. The number of carbonyl (C=O) groups is 2. The summed E-state index contributed by atoms with van der Waals surface area (Å²) < 4.78 is 45.2. The van der Waals surface area contributed by atoms with E-state index in [1.54, 1.807) is 7.05 Å². The maximum absolute atomic E-state index is 12.9. The number of hydrogen-bond acceptors (Lipinski definition) is 3. The van der Waals surface area contributed by atoms with Gasteiger partial charge in [-0.2, -0.15) is 13.2 Å². The average molecular weight is 370 g/mol. The Morgan fingerprint density at radius 2 is 1.88 bits per heavy atom. The van der Waals surface area contributed by atoms with Gasteiger partial charge in [-0.25, -0.2) is 4.79 Å². The summed E-state index contributed by atoms with van der Waals surface area (Å²) >= 11 is 0. The van der Waals surface area contributed by atoms with Gasteiger partial charge in [-0.15, -0.1) is 0 Å². The Balaban J connectivity index is 1.95. The second-order valence-corrected chi connectivity index (χ2v) is 6.31. The van der Waals surface area contributed by atoms with Gasteiger partial charge in [0.2, 0.25) is 0 Å². The summed E-state index contributed by atoms with van der Waals surface area (Å²) in [7, 11) is 1.54. The van der Waals surface area contributed by atoms with E-state index in [9.17, 15) is 27.9 Å². The molecule has 3 rings (SSSR count). The largest absolute Gasteiger partial charge is 0.480 e. The number of carbonyl (C=O) groups excluding carboxylic acids is 1. The maximum atomic E-state index is 12.9. The lowest BCUT2D eigenvalue weighted by Gasteiger charge is -2.33. The highest BCUT2D eigenvalue weighted by molar-refractivity contribution is 6.01. The Bertz CT molecular complexity index is 867. The van der Waals surface area contributed by atoms with Crippen LogP contribution < -0.4 is 5.32 Å². The Morgan fingerprint density at radius 1 is 1.23 bits per heavy atom. The lowest BCUT2D eigenvalue weighted by molar-refractivity contribution is -0.148. The zero-order valence-electron chi connectivity index (χ0n) is 13.9. The van der Waals surface area contributed by atoms with Gasteiger partial charge in [-0.1, -0.05) is 0 Å². The lowest BCUT2D eigenvalue weighted by atomic mass is 9.90. The molecule has 9 heteroatoms. The van der Waals surface area contributed by atoms with Crippen molar-refractivity contribution >= 4 is 22.8 Å². The van der Waals surface area contributed by atoms with Gasteiger partial charge in [-0.3, -0.25) is 4.79 Å². The zero-order valence-corrected chi connectivity index (χ0v) is 13.9. The first-order chi connectivity index (χ1) is 12.1. The molecular weight excluding hydrogens is 353 g/mol. The molecule has 0 atom stereocenters. The van der Waals surface area contributed by atoms with Crippen molar-refractivity contribution in [1.82, 2.24) is 9.88 Å². The molecule has 0 bridgehead atoms. The van der Waals surface area contributed by atoms with Gasteiger partial charge < -0.3 is 19.7 Å². The molecular formula is C17H17F3N2O4. The molecule has 26 heavy (non-hydrogen) atoms. The van der Waals surface area contributed by atoms with E-state index in [-0.39, 0.29) is 37.1 Å². The molecule has 1 aromatic heterocycles. The number of ether oxygens (including phenoxy) is 1. The molecule has 0 radical (unpaired) electrons. The van der Waals surface area contributed by atoms with E-state index in [0.717, 1.165) is 12.1 Å². The van der Waals surface area contributed by atoms with Crippen LogP contribution in [-0.2, 0) is 22.8 Å². The number of fused-ring (bicyclic) bond motifs is 1. The minimum absolute atomic E-state index is 0.0893. The molecule has 2 aromatic rings. The highest BCUT2D eigenvalue weighted by Gasteiger charge is 2.42. The van der Waals surface area contributed by atoms with Crippen molar-refractivity contribution in [3.63, 3.8) is 0 Å². The second kappa shape index (κ2) is 6.31. The Hall–Kier alpha value is -2.55. The van der Waals surface area contributed by atoms with E-state index in [2.05, 4.69) is 5.32 Å². The molecule has 0 aliphatic carbocycles. The van der Waals surface area contributed by atoms with Gasteiger partial charge in [0.05, 0.1) is 5.56 Å². The molecule has 1 fully saturated rings. The van der Waals surface area contributed by atoms with Gasteiger partial charge in [0.25, 0.3) is 5.91 Å². The summed E-state index contributed by atoms with van der Waals surface area (Å²) in [6.07, 6.45) is -4.24. The smallest absolute Gasteiger partial charge is 0.416 e. The first-order valence-electron chi connectivity index (χ1n) is 7.94. The monoisotopic (exact) mass is 370 g/mol. The topological polar surface area (TPSA) is 80.6 Å².